The molecule has 4 atom stereocenters. The fourth-order valence-electron chi connectivity index (χ4n) is 4.62. The van der Waals surface area contributed by atoms with Crippen LogP contribution in [0.4, 0.5) is 21.8 Å². The molecule has 0 radical (unpaired) electrons. The van der Waals surface area contributed by atoms with E-state index in [4.69, 9.17) is 10.5 Å². The molecule has 4 unspecified atom stereocenters. The highest BCUT2D eigenvalue weighted by atomic mass is 19.1. The first kappa shape index (κ1) is 19.4. The molecule has 29 heavy (non-hydrogen) atoms. The highest BCUT2D eigenvalue weighted by Crippen LogP contribution is 2.42. The number of nitrogens with one attached hydrogen (secondary N) is 2. The molecular weight excluding hydrogens is 373 g/mol. The predicted octanol–water partition coefficient (Wildman–Crippen LogP) is 3.46. The smallest absolute Gasteiger partial charge is 0.229 e. The lowest BCUT2D eigenvalue weighted by Gasteiger charge is -2.26. The molecule has 4 bridgehead atoms. The van der Waals surface area contributed by atoms with Gasteiger partial charge >= 0.3 is 0 Å². The number of carbonyl (C=O) groups excluding carboxylic acids is 1. The summed E-state index contributed by atoms with van der Waals surface area (Å²) in [5.41, 5.74) is 6.49. The summed E-state index contributed by atoms with van der Waals surface area (Å²) in [7, 11) is 0. The van der Waals surface area contributed by atoms with Crippen molar-refractivity contribution >= 4 is 23.4 Å². The molecule has 154 valence electrons. The van der Waals surface area contributed by atoms with Crippen molar-refractivity contribution in [2.45, 2.75) is 38.6 Å². The number of benzene rings is 1. The Hall–Kier alpha value is -2.90. The van der Waals surface area contributed by atoms with Gasteiger partial charge in [-0.2, -0.15) is 4.98 Å². The number of halogens is 1. The summed E-state index contributed by atoms with van der Waals surface area (Å²) in [5.74, 6) is 0.184. The number of fused-ring (bicyclic) bond motifs is 5. The van der Waals surface area contributed by atoms with Gasteiger partial charge in [-0.05, 0) is 43.2 Å². The monoisotopic (exact) mass is 399 g/mol. The number of amides is 1. The Labute approximate surface area is 169 Å². The lowest BCUT2D eigenvalue weighted by Crippen LogP contribution is -2.40. The van der Waals surface area contributed by atoms with E-state index in [1.165, 1.54) is 0 Å². The van der Waals surface area contributed by atoms with Gasteiger partial charge in [-0.1, -0.05) is 19.4 Å². The predicted molar refractivity (Wildman–Crippen MR) is 108 cm³/mol. The van der Waals surface area contributed by atoms with E-state index in [0.29, 0.717) is 6.61 Å². The summed E-state index contributed by atoms with van der Waals surface area (Å²) in [6.07, 6.45) is 4.54. The van der Waals surface area contributed by atoms with E-state index in [2.05, 4.69) is 27.5 Å². The fourth-order valence-corrected chi connectivity index (χ4v) is 4.62. The third kappa shape index (κ3) is 4.11. The van der Waals surface area contributed by atoms with Crippen LogP contribution in [0, 0.1) is 23.6 Å². The van der Waals surface area contributed by atoms with Crippen molar-refractivity contribution in [1.29, 1.82) is 0 Å². The zero-order valence-electron chi connectivity index (χ0n) is 16.4. The number of aromatic nitrogens is 2. The summed E-state index contributed by atoms with van der Waals surface area (Å²) in [5, 5.41) is 6.28. The van der Waals surface area contributed by atoms with Crippen LogP contribution in [0.1, 0.15) is 32.6 Å². The Morgan fingerprint density at radius 2 is 2.28 bits per heavy atom. The van der Waals surface area contributed by atoms with Crippen LogP contribution in [0.5, 0.6) is 5.75 Å². The SMILES string of the molecule is CCC1CC2CCCOc3cccc(c3)Nc3ncc(F)c(n3)NC2C1C(N)=O. The van der Waals surface area contributed by atoms with E-state index in [0.717, 1.165) is 43.3 Å². The van der Waals surface area contributed by atoms with Crippen molar-refractivity contribution in [3.05, 3.63) is 36.3 Å². The topological polar surface area (TPSA) is 102 Å². The van der Waals surface area contributed by atoms with Gasteiger partial charge in [-0.25, -0.2) is 9.37 Å². The minimum absolute atomic E-state index is 0.0879. The molecule has 0 spiro atoms. The van der Waals surface area contributed by atoms with Gasteiger partial charge in [0.15, 0.2) is 11.6 Å². The van der Waals surface area contributed by atoms with Crippen molar-refractivity contribution in [3.63, 3.8) is 0 Å². The number of rotatable bonds is 2. The van der Waals surface area contributed by atoms with Gasteiger partial charge in [0.25, 0.3) is 0 Å². The first-order valence-corrected chi connectivity index (χ1v) is 10.1. The Balaban J connectivity index is 1.70. The van der Waals surface area contributed by atoms with Crippen LogP contribution in [0.25, 0.3) is 0 Å². The second kappa shape index (κ2) is 8.23. The molecule has 4 rings (SSSR count). The Morgan fingerprint density at radius 3 is 3.07 bits per heavy atom. The molecule has 1 fully saturated rings. The molecule has 2 heterocycles. The van der Waals surface area contributed by atoms with Crippen molar-refractivity contribution in [3.8, 4) is 5.75 Å². The Kier molecular flexibility index (Phi) is 5.51. The number of carbonyl (C=O) groups is 1. The van der Waals surface area contributed by atoms with Gasteiger partial charge < -0.3 is 21.1 Å². The number of hydrogen-bond donors (Lipinski definition) is 3. The van der Waals surface area contributed by atoms with Crippen LogP contribution in [0.2, 0.25) is 0 Å². The number of ether oxygens (including phenoxy) is 1. The summed E-state index contributed by atoms with van der Waals surface area (Å²) < 4.78 is 20.4. The van der Waals surface area contributed by atoms with E-state index >= 15 is 0 Å². The van der Waals surface area contributed by atoms with Crippen LogP contribution in [0.15, 0.2) is 30.5 Å². The van der Waals surface area contributed by atoms with Crippen molar-refractivity contribution in [2.75, 3.05) is 17.2 Å². The average Bonchev–Trinajstić information content (AvgIpc) is 3.05. The molecule has 1 amide bonds. The van der Waals surface area contributed by atoms with E-state index in [1.807, 2.05) is 24.3 Å². The van der Waals surface area contributed by atoms with Gasteiger partial charge in [0.2, 0.25) is 11.9 Å². The van der Waals surface area contributed by atoms with E-state index in [1.54, 1.807) is 0 Å². The number of primary amides is 1. The minimum atomic E-state index is -0.554. The molecule has 1 saturated carbocycles. The maximum atomic E-state index is 14.5. The summed E-state index contributed by atoms with van der Waals surface area (Å²) in [4.78, 5) is 20.6. The zero-order valence-corrected chi connectivity index (χ0v) is 16.4. The van der Waals surface area contributed by atoms with Crippen LogP contribution in [-0.4, -0.2) is 28.5 Å². The summed E-state index contributed by atoms with van der Waals surface area (Å²) >= 11 is 0. The molecule has 1 aromatic carbocycles. The van der Waals surface area contributed by atoms with E-state index < -0.39 is 5.82 Å². The number of anilines is 3. The number of nitrogens with two attached hydrogens (primary N) is 1. The minimum Gasteiger partial charge on any atom is -0.494 e. The second-order valence-corrected chi connectivity index (χ2v) is 7.80. The average molecular weight is 399 g/mol. The maximum Gasteiger partial charge on any atom is 0.229 e. The number of nitrogens with zero attached hydrogens (tertiary/aromatic N) is 2. The van der Waals surface area contributed by atoms with Gasteiger partial charge in [-0.3, -0.25) is 4.79 Å². The van der Waals surface area contributed by atoms with Crippen LogP contribution < -0.4 is 21.1 Å². The third-order valence-electron chi connectivity index (χ3n) is 5.99. The van der Waals surface area contributed by atoms with Gasteiger partial charge in [0.1, 0.15) is 5.75 Å². The molecule has 1 aliphatic carbocycles. The number of hydrogen-bond acceptors (Lipinski definition) is 6. The van der Waals surface area contributed by atoms with E-state index in [-0.39, 0.29) is 41.5 Å². The van der Waals surface area contributed by atoms with Crippen molar-refractivity contribution in [2.24, 2.45) is 23.5 Å². The Morgan fingerprint density at radius 1 is 1.41 bits per heavy atom. The maximum absolute atomic E-state index is 14.5. The van der Waals surface area contributed by atoms with Gasteiger partial charge in [-0.15, -0.1) is 0 Å². The van der Waals surface area contributed by atoms with Gasteiger partial charge in [0.05, 0.1) is 18.7 Å². The van der Waals surface area contributed by atoms with Crippen LogP contribution in [0.3, 0.4) is 0 Å². The molecule has 2 aromatic rings. The molecule has 4 N–H and O–H groups in total. The third-order valence-corrected chi connectivity index (χ3v) is 5.99. The summed E-state index contributed by atoms with van der Waals surface area (Å²) in [6, 6.07) is 7.23. The zero-order chi connectivity index (χ0) is 20.4. The fraction of sp³-hybridized carbons (Fsp3) is 0.476. The molecule has 2 aliphatic rings. The highest BCUT2D eigenvalue weighted by Gasteiger charge is 2.45. The molecule has 8 heteroatoms. The van der Waals surface area contributed by atoms with Crippen molar-refractivity contribution < 1.29 is 13.9 Å². The standard InChI is InChI=1S/C21H26FN5O2/c1-2-12-9-13-5-4-8-29-15-7-3-6-14(10-15)25-21-24-11-16(22)20(27-21)26-18(13)17(12)19(23)28/h3,6-7,10-13,17-18H,2,4-5,8-9H2,1H3,(H2,23,28)(H2,24,25,26,27). The quantitative estimate of drug-likeness (QED) is 0.715. The molecular formula is C21H26FN5O2. The largest absolute Gasteiger partial charge is 0.494 e. The Bertz CT molecular complexity index is 893. The summed E-state index contributed by atoms with van der Waals surface area (Å²) in [6.45, 7) is 2.63. The molecule has 1 aliphatic heterocycles. The van der Waals surface area contributed by atoms with Gasteiger partial charge in [0, 0.05) is 17.8 Å². The van der Waals surface area contributed by atoms with Crippen LogP contribution >= 0.6 is 0 Å². The van der Waals surface area contributed by atoms with E-state index in [9.17, 15) is 9.18 Å². The normalized spacial score (nSPS) is 26.3. The first-order chi connectivity index (χ1) is 14.0. The highest BCUT2D eigenvalue weighted by molar-refractivity contribution is 5.79. The van der Waals surface area contributed by atoms with Crippen molar-refractivity contribution in [1.82, 2.24) is 9.97 Å². The molecule has 0 saturated heterocycles. The lowest BCUT2D eigenvalue weighted by molar-refractivity contribution is -0.123. The lowest BCUT2D eigenvalue weighted by atomic mass is 9.90. The van der Waals surface area contributed by atoms with Crippen LogP contribution in [-0.2, 0) is 4.79 Å². The second-order valence-electron chi connectivity index (χ2n) is 7.80. The molecule has 7 nitrogen and oxygen atoms in total. The molecule has 1 aromatic heterocycles. The first-order valence-electron chi connectivity index (χ1n) is 10.1.